The molecular weight excluding hydrogens is 320 g/mol. The third-order valence-corrected chi connectivity index (χ3v) is 3.46. The summed E-state index contributed by atoms with van der Waals surface area (Å²) in [5.74, 6) is -0.343. The van der Waals surface area contributed by atoms with Crippen LogP contribution in [0.3, 0.4) is 0 Å². The van der Waals surface area contributed by atoms with Crippen LogP contribution in [0.2, 0.25) is 0 Å². The first-order valence-corrected chi connectivity index (χ1v) is 7.99. The summed E-state index contributed by atoms with van der Waals surface area (Å²) in [7, 11) is 1.50. The molecule has 2 aromatic carbocycles. The number of likely N-dealkylation sites (N-methyl/N-ethyl adjacent to an activating group) is 1. The zero-order valence-electron chi connectivity index (χ0n) is 14.1. The fraction of sp³-hybridized carbons (Fsp3) is 0.263. The minimum atomic E-state index is -0.822. The highest BCUT2D eigenvalue weighted by atomic mass is 16.5. The summed E-state index contributed by atoms with van der Waals surface area (Å²) >= 11 is 0. The first-order valence-electron chi connectivity index (χ1n) is 7.99. The molecular formula is C19H22N2O4. The molecule has 2 N–H and O–H groups in total. The van der Waals surface area contributed by atoms with Gasteiger partial charge in [0.1, 0.15) is 12.6 Å². The predicted octanol–water partition coefficient (Wildman–Crippen LogP) is 2.24. The average Bonchev–Trinajstić information content (AvgIpc) is 2.66. The molecule has 6 nitrogen and oxygen atoms in total. The zero-order valence-corrected chi connectivity index (χ0v) is 14.1. The number of nitrogens with one attached hydrogen (secondary N) is 2. The summed E-state index contributed by atoms with van der Waals surface area (Å²) in [5.41, 5.74) is 1.86. The van der Waals surface area contributed by atoms with E-state index in [0.717, 1.165) is 11.1 Å². The van der Waals surface area contributed by atoms with Crippen molar-refractivity contribution in [1.29, 1.82) is 0 Å². The summed E-state index contributed by atoms with van der Waals surface area (Å²) in [6, 6.07) is 18.1. The van der Waals surface area contributed by atoms with Crippen molar-refractivity contribution in [3.63, 3.8) is 0 Å². The van der Waals surface area contributed by atoms with E-state index in [1.807, 2.05) is 60.7 Å². The van der Waals surface area contributed by atoms with Crippen LogP contribution in [0.25, 0.3) is 0 Å². The Bertz CT molecular complexity index is 662. The standard InChI is InChI=1S/C19H22N2O4/c1-20-18(22)17(14-24-12-15-8-4-2-5-9-15)21-19(23)25-13-16-10-6-3-7-11-16/h2-11,17H,12-14H2,1H3,(H,20,22)(H,21,23)/t17-/m1/s1. The maximum absolute atomic E-state index is 11.9. The van der Waals surface area contributed by atoms with Crippen LogP contribution in [0.4, 0.5) is 4.79 Å². The SMILES string of the molecule is CNC(=O)[C@@H](COCc1ccccc1)NC(=O)OCc1ccccc1. The molecule has 0 bridgehead atoms. The Balaban J connectivity index is 1.80. The summed E-state index contributed by atoms with van der Waals surface area (Å²) in [6.07, 6.45) is -0.666. The molecule has 0 saturated heterocycles. The first-order chi connectivity index (χ1) is 12.2. The quantitative estimate of drug-likeness (QED) is 0.771. The van der Waals surface area contributed by atoms with Crippen LogP contribution in [0.5, 0.6) is 0 Å². The van der Waals surface area contributed by atoms with Crippen molar-refractivity contribution in [3.05, 3.63) is 71.8 Å². The number of amides is 2. The van der Waals surface area contributed by atoms with E-state index in [2.05, 4.69) is 10.6 Å². The molecule has 6 heteroatoms. The van der Waals surface area contributed by atoms with Crippen LogP contribution in [0, 0.1) is 0 Å². The molecule has 2 amide bonds. The smallest absolute Gasteiger partial charge is 0.408 e. The second-order valence-corrected chi connectivity index (χ2v) is 5.37. The Morgan fingerprint density at radius 1 is 0.920 bits per heavy atom. The fourth-order valence-corrected chi connectivity index (χ4v) is 2.13. The second kappa shape index (κ2) is 10.1. The van der Waals surface area contributed by atoms with E-state index in [0.29, 0.717) is 6.61 Å². The topological polar surface area (TPSA) is 76.7 Å². The highest BCUT2D eigenvalue weighted by Crippen LogP contribution is 2.03. The van der Waals surface area contributed by atoms with Gasteiger partial charge in [-0.2, -0.15) is 0 Å². The number of ether oxygens (including phenoxy) is 2. The van der Waals surface area contributed by atoms with Gasteiger partial charge in [-0.3, -0.25) is 4.79 Å². The Labute approximate surface area is 147 Å². The largest absolute Gasteiger partial charge is 0.445 e. The van der Waals surface area contributed by atoms with Gasteiger partial charge in [0.25, 0.3) is 0 Å². The minimum absolute atomic E-state index is 0.0506. The van der Waals surface area contributed by atoms with E-state index >= 15 is 0 Å². The van der Waals surface area contributed by atoms with E-state index in [9.17, 15) is 9.59 Å². The van der Waals surface area contributed by atoms with Gasteiger partial charge in [-0.05, 0) is 11.1 Å². The van der Waals surface area contributed by atoms with E-state index in [1.54, 1.807) is 0 Å². The van der Waals surface area contributed by atoms with Crippen molar-refractivity contribution >= 4 is 12.0 Å². The van der Waals surface area contributed by atoms with E-state index in [1.165, 1.54) is 7.05 Å². The average molecular weight is 342 g/mol. The van der Waals surface area contributed by atoms with Gasteiger partial charge in [-0.25, -0.2) is 4.79 Å². The lowest BCUT2D eigenvalue weighted by atomic mass is 10.2. The number of benzene rings is 2. The van der Waals surface area contributed by atoms with Gasteiger partial charge in [-0.15, -0.1) is 0 Å². The summed E-state index contributed by atoms with van der Waals surface area (Å²) in [5, 5.41) is 5.03. The van der Waals surface area contributed by atoms with Gasteiger partial charge >= 0.3 is 6.09 Å². The van der Waals surface area contributed by atoms with Crippen molar-refractivity contribution in [1.82, 2.24) is 10.6 Å². The summed E-state index contributed by atoms with van der Waals surface area (Å²) in [4.78, 5) is 23.8. The molecule has 0 unspecified atom stereocenters. The van der Waals surface area contributed by atoms with Gasteiger partial charge in [0.05, 0.1) is 13.2 Å². The molecule has 0 heterocycles. The number of carbonyl (C=O) groups excluding carboxylic acids is 2. The van der Waals surface area contributed by atoms with Crippen molar-refractivity contribution < 1.29 is 19.1 Å². The number of rotatable bonds is 8. The Hall–Kier alpha value is -2.86. The van der Waals surface area contributed by atoms with Crippen LogP contribution in [0.1, 0.15) is 11.1 Å². The summed E-state index contributed by atoms with van der Waals surface area (Å²) in [6.45, 7) is 0.544. The van der Waals surface area contributed by atoms with Gasteiger partial charge in [-0.1, -0.05) is 60.7 Å². The fourth-order valence-electron chi connectivity index (χ4n) is 2.13. The molecule has 0 fully saturated rings. The lowest BCUT2D eigenvalue weighted by molar-refractivity contribution is -0.124. The molecule has 2 rings (SSSR count). The zero-order chi connectivity index (χ0) is 17.9. The minimum Gasteiger partial charge on any atom is -0.445 e. The monoisotopic (exact) mass is 342 g/mol. The lowest BCUT2D eigenvalue weighted by Gasteiger charge is -2.17. The van der Waals surface area contributed by atoms with Crippen molar-refractivity contribution in [2.45, 2.75) is 19.3 Å². The van der Waals surface area contributed by atoms with Gasteiger partial charge in [0, 0.05) is 7.05 Å². The van der Waals surface area contributed by atoms with Crippen LogP contribution in [-0.2, 0) is 27.5 Å². The molecule has 0 aromatic heterocycles. The Morgan fingerprint density at radius 2 is 1.48 bits per heavy atom. The predicted molar refractivity (Wildman–Crippen MR) is 93.7 cm³/mol. The molecule has 0 aliphatic carbocycles. The van der Waals surface area contributed by atoms with Crippen LogP contribution >= 0.6 is 0 Å². The van der Waals surface area contributed by atoms with Crippen LogP contribution in [-0.4, -0.2) is 31.7 Å². The molecule has 0 spiro atoms. The van der Waals surface area contributed by atoms with Gasteiger partial charge in [0.15, 0.2) is 0 Å². The van der Waals surface area contributed by atoms with Crippen LogP contribution < -0.4 is 10.6 Å². The van der Waals surface area contributed by atoms with E-state index < -0.39 is 12.1 Å². The summed E-state index contributed by atoms with van der Waals surface area (Å²) < 4.78 is 10.7. The molecule has 0 aliphatic rings. The third-order valence-electron chi connectivity index (χ3n) is 3.46. The number of carbonyl (C=O) groups is 2. The highest BCUT2D eigenvalue weighted by Gasteiger charge is 2.20. The molecule has 1 atom stereocenters. The van der Waals surface area contributed by atoms with Gasteiger partial charge < -0.3 is 20.1 Å². The first kappa shape index (κ1) is 18.5. The lowest BCUT2D eigenvalue weighted by Crippen LogP contribution is -2.48. The van der Waals surface area contributed by atoms with Crippen LogP contribution in [0.15, 0.2) is 60.7 Å². The van der Waals surface area contributed by atoms with Crippen molar-refractivity contribution in [2.75, 3.05) is 13.7 Å². The molecule has 0 radical (unpaired) electrons. The molecule has 132 valence electrons. The maximum Gasteiger partial charge on any atom is 0.408 e. The molecule has 25 heavy (non-hydrogen) atoms. The highest BCUT2D eigenvalue weighted by molar-refractivity contribution is 5.85. The van der Waals surface area contributed by atoms with Gasteiger partial charge in [0.2, 0.25) is 5.91 Å². The molecule has 0 aliphatic heterocycles. The molecule has 2 aromatic rings. The third kappa shape index (κ3) is 6.64. The number of hydrogen-bond donors (Lipinski definition) is 2. The Kier molecular flexibility index (Phi) is 7.46. The Morgan fingerprint density at radius 3 is 2.04 bits per heavy atom. The van der Waals surface area contributed by atoms with Crippen molar-refractivity contribution in [3.8, 4) is 0 Å². The van der Waals surface area contributed by atoms with E-state index in [-0.39, 0.29) is 19.1 Å². The molecule has 0 saturated carbocycles. The second-order valence-electron chi connectivity index (χ2n) is 5.37. The van der Waals surface area contributed by atoms with E-state index in [4.69, 9.17) is 9.47 Å². The maximum atomic E-state index is 11.9. The van der Waals surface area contributed by atoms with Crippen molar-refractivity contribution in [2.24, 2.45) is 0 Å². The number of alkyl carbamates (subject to hydrolysis) is 1. The number of hydrogen-bond acceptors (Lipinski definition) is 4. The normalized spacial score (nSPS) is 11.4.